The van der Waals surface area contributed by atoms with Crippen LogP contribution in [-0.2, 0) is 19.1 Å². The van der Waals surface area contributed by atoms with Crippen LogP contribution in [0.2, 0.25) is 0 Å². The van der Waals surface area contributed by atoms with Crippen LogP contribution in [0.1, 0.15) is 98.3 Å². The van der Waals surface area contributed by atoms with Gasteiger partial charge in [0.2, 0.25) is 11.8 Å². The highest BCUT2D eigenvalue weighted by molar-refractivity contribution is 5.96. The molecule has 4 aliphatic carbocycles. The van der Waals surface area contributed by atoms with Crippen LogP contribution in [0.4, 0.5) is 0 Å². The fraction of sp³-hybridized carbons (Fsp3) is 0.944. The third-order valence-electron chi connectivity index (χ3n) is 14.7. The molecule has 8 nitrogen and oxygen atoms in total. The number of nitrogens with zero attached hydrogens (tertiary/aromatic N) is 2. The van der Waals surface area contributed by atoms with Gasteiger partial charge in [-0.1, -0.05) is 27.7 Å². The lowest BCUT2D eigenvalue weighted by atomic mass is 9.44. The second-order valence-electron chi connectivity index (χ2n) is 17.1. The van der Waals surface area contributed by atoms with Crippen LogP contribution in [0.5, 0.6) is 0 Å². The second-order valence-corrected chi connectivity index (χ2v) is 17.1. The van der Waals surface area contributed by atoms with E-state index in [0.717, 1.165) is 69.8 Å². The molecule has 8 heteroatoms. The first-order chi connectivity index (χ1) is 21.0. The number of likely N-dealkylation sites (N-methyl/N-ethyl adjacent to an activating group) is 1. The normalized spacial score (nSPS) is 49.1. The number of hydrogen-bond acceptors (Lipinski definition) is 6. The van der Waals surface area contributed by atoms with Crippen LogP contribution in [0.3, 0.4) is 0 Å². The topological polar surface area (TPSA) is 83.1 Å². The molecule has 3 heterocycles. The predicted octanol–water partition coefficient (Wildman–Crippen LogP) is 4.63. The summed E-state index contributed by atoms with van der Waals surface area (Å²) in [5.74, 6) is 4.15. The lowest BCUT2D eigenvalue weighted by Gasteiger charge is -2.61. The molecule has 7 rings (SSSR count). The van der Waals surface area contributed by atoms with E-state index in [1.807, 2.05) is 0 Å². The van der Waals surface area contributed by atoms with Crippen molar-refractivity contribution in [3.63, 3.8) is 0 Å². The van der Waals surface area contributed by atoms with Crippen LogP contribution in [-0.4, -0.2) is 86.0 Å². The van der Waals surface area contributed by atoms with Crippen LogP contribution in [0.15, 0.2) is 0 Å². The van der Waals surface area contributed by atoms with Crippen molar-refractivity contribution in [3.8, 4) is 0 Å². The maximum absolute atomic E-state index is 12.9. The van der Waals surface area contributed by atoms with Gasteiger partial charge in [0, 0.05) is 44.6 Å². The quantitative estimate of drug-likeness (QED) is 0.441. The van der Waals surface area contributed by atoms with Crippen molar-refractivity contribution >= 4 is 11.8 Å². The molecule has 1 spiro atoms. The highest BCUT2D eigenvalue weighted by Gasteiger charge is 2.69. The predicted molar refractivity (Wildman–Crippen MR) is 170 cm³/mol. The summed E-state index contributed by atoms with van der Waals surface area (Å²) < 4.78 is 13.5. The molecule has 1 unspecified atom stereocenters. The van der Waals surface area contributed by atoms with E-state index in [1.165, 1.54) is 44.9 Å². The lowest BCUT2D eigenvalue weighted by molar-refractivity contribution is -0.273. The van der Waals surface area contributed by atoms with E-state index < -0.39 is 0 Å². The Labute approximate surface area is 266 Å². The zero-order valence-electron chi connectivity index (χ0n) is 28.2. The summed E-state index contributed by atoms with van der Waals surface area (Å²) >= 11 is 0. The van der Waals surface area contributed by atoms with Crippen LogP contribution >= 0.6 is 0 Å². The van der Waals surface area contributed by atoms with E-state index in [1.54, 1.807) is 0 Å². The zero-order valence-corrected chi connectivity index (χ0v) is 28.2. The van der Waals surface area contributed by atoms with Crippen molar-refractivity contribution < 1.29 is 19.1 Å². The molecule has 4 saturated carbocycles. The summed E-state index contributed by atoms with van der Waals surface area (Å²) in [5.41, 5.74) is 0.722. The first-order valence-corrected chi connectivity index (χ1v) is 18.3. The van der Waals surface area contributed by atoms with Crippen molar-refractivity contribution in [1.82, 2.24) is 20.4 Å². The summed E-state index contributed by atoms with van der Waals surface area (Å²) in [6.07, 6.45) is 12.4. The number of fused-ring (bicyclic) bond motifs is 7. The van der Waals surface area contributed by atoms with E-state index in [0.29, 0.717) is 47.3 Å². The molecule has 0 bridgehead atoms. The number of rotatable bonds is 5. The fourth-order valence-electron chi connectivity index (χ4n) is 12.1. The summed E-state index contributed by atoms with van der Waals surface area (Å²) in [5, 5.41) is 6.24. The summed E-state index contributed by atoms with van der Waals surface area (Å²) in [4.78, 5) is 30.0. The molecule has 2 amide bonds. The summed E-state index contributed by atoms with van der Waals surface area (Å²) in [6, 6.07) is 0.200. The average molecular weight is 613 g/mol. The first kappa shape index (κ1) is 31.4. The van der Waals surface area contributed by atoms with Gasteiger partial charge in [0.05, 0.1) is 19.4 Å². The Morgan fingerprint density at radius 1 is 0.864 bits per heavy atom. The monoisotopic (exact) mass is 612 g/mol. The number of carbonyl (C=O) groups is 2. The Hall–Kier alpha value is -1.22. The first-order valence-electron chi connectivity index (χ1n) is 18.3. The summed E-state index contributed by atoms with van der Waals surface area (Å²) in [6.45, 7) is 15.3. The van der Waals surface area contributed by atoms with Crippen molar-refractivity contribution in [2.45, 2.75) is 116 Å². The van der Waals surface area contributed by atoms with Gasteiger partial charge in [-0.2, -0.15) is 0 Å². The SMILES string of the molecule is C[C@@H]1CC[C@@]2(OC1)O[C@H]1C[C@H]3[C@@H]4CC[C@H]5CC(NC(=O)CC(=O)NCN6CCN(C)CC6)CC[C@]5(C)[C@H]4CC[C@]3(C)[C@H]1[C@@H]2C. The molecule has 3 saturated heterocycles. The van der Waals surface area contributed by atoms with Gasteiger partial charge >= 0.3 is 0 Å². The zero-order chi connectivity index (χ0) is 30.9. The molecule has 248 valence electrons. The molecule has 0 aromatic carbocycles. The van der Waals surface area contributed by atoms with Crippen molar-refractivity contribution in [2.75, 3.05) is 46.5 Å². The molecule has 44 heavy (non-hydrogen) atoms. The van der Waals surface area contributed by atoms with E-state index in [2.05, 4.69) is 55.2 Å². The molecule has 3 aliphatic heterocycles. The molecule has 7 fully saturated rings. The van der Waals surface area contributed by atoms with Gasteiger partial charge in [0.15, 0.2) is 5.79 Å². The number of piperazine rings is 1. The molecule has 0 aromatic rings. The highest BCUT2D eigenvalue weighted by Crippen LogP contribution is 2.71. The Morgan fingerprint density at radius 3 is 2.39 bits per heavy atom. The lowest BCUT2D eigenvalue weighted by Crippen LogP contribution is -2.56. The minimum Gasteiger partial charge on any atom is -0.353 e. The number of hydrogen-bond donors (Lipinski definition) is 2. The van der Waals surface area contributed by atoms with Crippen molar-refractivity contribution in [1.29, 1.82) is 0 Å². The Balaban J connectivity index is 0.927. The number of nitrogens with one attached hydrogen (secondary N) is 2. The number of ether oxygens (including phenoxy) is 2. The summed E-state index contributed by atoms with van der Waals surface area (Å²) in [7, 11) is 2.13. The fourth-order valence-corrected chi connectivity index (χ4v) is 12.1. The Kier molecular flexibility index (Phi) is 8.41. The standard InChI is InChI=1S/C36H60N4O4/c1-23-8-13-36(43-21-23)24(2)33-30(44-36)19-29-27-7-6-25-18-26(9-11-34(25,3)28(27)10-12-35(29,33)4)38-32(42)20-31(41)37-22-40-16-14-39(5)15-17-40/h23-30,33H,6-22H2,1-5H3,(H,37,41)(H,38,42)/t23-,24+,25+,26?,27-,28+,29+,30+,33+,34+,35+,36-/m1/s1. The van der Waals surface area contributed by atoms with Crippen LogP contribution in [0.25, 0.3) is 0 Å². The average Bonchev–Trinajstić information content (AvgIpc) is 3.44. The smallest absolute Gasteiger partial charge is 0.230 e. The highest BCUT2D eigenvalue weighted by atomic mass is 16.7. The second kappa shape index (κ2) is 11.8. The number of amides is 2. The van der Waals surface area contributed by atoms with E-state index in [-0.39, 0.29) is 30.1 Å². The van der Waals surface area contributed by atoms with Gasteiger partial charge < -0.3 is 25.0 Å². The van der Waals surface area contributed by atoms with E-state index in [9.17, 15) is 9.59 Å². The van der Waals surface area contributed by atoms with Gasteiger partial charge in [0.25, 0.3) is 0 Å². The van der Waals surface area contributed by atoms with E-state index in [4.69, 9.17) is 9.47 Å². The van der Waals surface area contributed by atoms with Crippen LogP contribution in [0, 0.1) is 52.3 Å². The number of carbonyl (C=O) groups excluding carboxylic acids is 2. The van der Waals surface area contributed by atoms with Crippen molar-refractivity contribution in [2.24, 2.45) is 52.3 Å². The van der Waals surface area contributed by atoms with Gasteiger partial charge in [-0.05, 0) is 111 Å². The van der Waals surface area contributed by atoms with Gasteiger partial charge in [0.1, 0.15) is 6.42 Å². The minimum atomic E-state index is -0.329. The minimum absolute atomic E-state index is 0.0642. The van der Waals surface area contributed by atoms with Crippen molar-refractivity contribution in [3.05, 3.63) is 0 Å². The Bertz CT molecular complexity index is 1090. The molecular weight excluding hydrogens is 552 g/mol. The molecule has 2 N–H and O–H groups in total. The molecule has 12 atom stereocenters. The van der Waals surface area contributed by atoms with Gasteiger partial charge in [-0.25, -0.2) is 0 Å². The molecule has 0 aromatic heterocycles. The largest absolute Gasteiger partial charge is 0.353 e. The third kappa shape index (κ3) is 5.35. The van der Waals surface area contributed by atoms with E-state index >= 15 is 0 Å². The maximum atomic E-state index is 12.9. The molecule has 7 aliphatic rings. The Morgan fingerprint density at radius 2 is 1.64 bits per heavy atom. The maximum Gasteiger partial charge on any atom is 0.230 e. The van der Waals surface area contributed by atoms with Gasteiger partial charge in [-0.15, -0.1) is 0 Å². The molecular formula is C36H60N4O4. The third-order valence-corrected chi connectivity index (χ3v) is 14.7. The molecule has 0 radical (unpaired) electrons. The van der Waals surface area contributed by atoms with Crippen LogP contribution < -0.4 is 10.6 Å². The van der Waals surface area contributed by atoms with Gasteiger partial charge in [-0.3, -0.25) is 14.5 Å².